The Morgan fingerprint density at radius 2 is 1.15 bits per heavy atom. The lowest BCUT2D eigenvalue weighted by Crippen LogP contribution is -2.35. The predicted molar refractivity (Wildman–Crippen MR) is 159 cm³/mol. The number of hydrogen-bond acceptors (Lipinski definition) is 7. The first-order valence-corrected chi connectivity index (χ1v) is 14.6. The third kappa shape index (κ3) is 6.19. The number of benzene rings is 3. The molecule has 0 spiro atoms. The summed E-state index contributed by atoms with van der Waals surface area (Å²) >= 11 is 3.59. The van der Waals surface area contributed by atoms with E-state index < -0.39 is 18.2 Å². The molecule has 41 heavy (non-hydrogen) atoms. The van der Waals surface area contributed by atoms with E-state index in [1.165, 1.54) is 0 Å². The average molecular weight is 628 g/mol. The van der Waals surface area contributed by atoms with E-state index in [0.717, 1.165) is 15.6 Å². The summed E-state index contributed by atoms with van der Waals surface area (Å²) in [6.45, 7) is 10.7. The molecular formula is C33H39BrO7. The van der Waals surface area contributed by atoms with Gasteiger partial charge >= 0.3 is 0 Å². The molecule has 0 radical (unpaired) electrons. The molecule has 0 unspecified atom stereocenters. The summed E-state index contributed by atoms with van der Waals surface area (Å²) in [4.78, 5) is 0. The van der Waals surface area contributed by atoms with Crippen LogP contribution >= 0.6 is 15.9 Å². The second-order valence-electron chi connectivity index (χ2n) is 12.4. The third-order valence-electron chi connectivity index (χ3n) is 7.52. The molecule has 5 rings (SSSR count). The molecule has 2 fully saturated rings. The Bertz CT molecular complexity index is 1290. The minimum atomic E-state index is -1.70. The van der Waals surface area contributed by atoms with Crippen molar-refractivity contribution in [2.45, 2.75) is 45.9 Å². The van der Waals surface area contributed by atoms with Crippen molar-refractivity contribution in [1.82, 2.24) is 0 Å². The Kier molecular flexibility index (Phi) is 8.54. The Hall–Kier alpha value is -2.46. The van der Waals surface area contributed by atoms with Crippen LogP contribution in [0.2, 0.25) is 0 Å². The van der Waals surface area contributed by atoms with Crippen LogP contribution in [0.25, 0.3) is 0 Å². The third-order valence-corrected chi connectivity index (χ3v) is 8.01. The molecule has 1 N–H and O–H groups in total. The van der Waals surface area contributed by atoms with Crippen LogP contribution in [0.5, 0.6) is 11.5 Å². The second-order valence-corrected chi connectivity index (χ2v) is 13.3. The van der Waals surface area contributed by atoms with Crippen LogP contribution in [0.1, 0.15) is 68.1 Å². The molecule has 0 aliphatic carbocycles. The Morgan fingerprint density at radius 3 is 1.54 bits per heavy atom. The molecule has 8 heteroatoms. The van der Waals surface area contributed by atoms with E-state index in [2.05, 4.69) is 43.6 Å². The quantitative estimate of drug-likeness (QED) is 0.286. The van der Waals surface area contributed by atoms with Crippen LogP contribution in [0, 0.1) is 10.8 Å². The lowest BCUT2D eigenvalue weighted by Gasteiger charge is -2.37. The molecular weight excluding hydrogens is 588 g/mol. The zero-order chi connectivity index (χ0) is 29.4. The molecule has 2 saturated heterocycles. The minimum absolute atomic E-state index is 0.0743. The maximum atomic E-state index is 13.0. The molecule has 220 valence electrons. The fourth-order valence-corrected chi connectivity index (χ4v) is 5.65. The summed E-state index contributed by atoms with van der Waals surface area (Å²) in [7, 11) is 3.18. The van der Waals surface area contributed by atoms with Crippen molar-refractivity contribution < 1.29 is 33.5 Å². The molecule has 0 saturated carbocycles. The van der Waals surface area contributed by atoms with E-state index in [-0.39, 0.29) is 10.8 Å². The highest BCUT2D eigenvalue weighted by Gasteiger charge is 2.41. The number of hydrogen-bond donors (Lipinski definition) is 1. The normalized spacial score (nSPS) is 19.6. The molecule has 3 aromatic carbocycles. The van der Waals surface area contributed by atoms with Crippen molar-refractivity contribution in [1.29, 1.82) is 0 Å². The summed E-state index contributed by atoms with van der Waals surface area (Å²) in [5, 5.41) is 13.0. The van der Waals surface area contributed by atoms with Crippen molar-refractivity contribution in [3.8, 4) is 11.5 Å². The lowest BCUT2D eigenvalue weighted by atomic mass is 9.78. The van der Waals surface area contributed by atoms with Gasteiger partial charge in [0, 0.05) is 37.6 Å². The first-order chi connectivity index (χ1) is 19.5. The van der Waals surface area contributed by atoms with Gasteiger partial charge in [-0.05, 0) is 42.0 Å². The smallest absolute Gasteiger partial charge is 0.183 e. The molecule has 0 amide bonds. The van der Waals surface area contributed by atoms with Gasteiger partial charge < -0.3 is 33.5 Å². The Morgan fingerprint density at radius 1 is 0.707 bits per heavy atom. The van der Waals surface area contributed by atoms with Gasteiger partial charge in [-0.1, -0.05) is 67.9 Å². The van der Waals surface area contributed by atoms with Gasteiger partial charge in [0.1, 0.15) is 17.1 Å². The van der Waals surface area contributed by atoms with Crippen molar-refractivity contribution >= 4 is 15.9 Å². The number of halogens is 1. The van der Waals surface area contributed by atoms with Gasteiger partial charge in [-0.25, -0.2) is 0 Å². The number of rotatable bonds is 7. The van der Waals surface area contributed by atoms with E-state index >= 15 is 0 Å². The zero-order valence-corrected chi connectivity index (χ0v) is 26.1. The predicted octanol–water partition coefficient (Wildman–Crippen LogP) is 6.89. The highest BCUT2D eigenvalue weighted by Crippen LogP contribution is 2.47. The van der Waals surface area contributed by atoms with E-state index in [9.17, 15) is 5.11 Å². The standard InChI is InChI=1S/C33H39BrO7/c1-31(2)17-38-29(39-18-31)21-10-12-27(36-5)25(14-21)33(35,23-8-7-9-24(34)16-23)26-15-22(11-13-28(26)37-6)30-40-19-32(3,4)20-41-30/h7-16,29-30,35H,17-20H2,1-6H3. The lowest BCUT2D eigenvalue weighted by molar-refractivity contribution is -0.226. The maximum Gasteiger partial charge on any atom is 0.183 e. The van der Waals surface area contributed by atoms with Gasteiger partial charge in [0.15, 0.2) is 12.6 Å². The number of methoxy groups -OCH3 is 2. The van der Waals surface area contributed by atoms with Crippen LogP contribution < -0.4 is 9.47 Å². The molecule has 0 aromatic heterocycles. The summed E-state index contributed by atoms with van der Waals surface area (Å²) in [5.74, 6) is 1.01. The zero-order valence-electron chi connectivity index (χ0n) is 24.5. The number of aliphatic hydroxyl groups is 1. The fourth-order valence-electron chi connectivity index (χ4n) is 5.25. The molecule has 2 heterocycles. The van der Waals surface area contributed by atoms with Crippen LogP contribution in [-0.4, -0.2) is 45.8 Å². The summed E-state index contributed by atoms with van der Waals surface area (Å²) in [5.41, 5.74) is 1.38. The number of ether oxygens (including phenoxy) is 6. The van der Waals surface area contributed by atoms with E-state index in [1.54, 1.807) is 14.2 Å². The van der Waals surface area contributed by atoms with Crippen molar-refractivity contribution in [3.63, 3.8) is 0 Å². The molecule has 2 aliphatic heterocycles. The maximum absolute atomic E-state index is 13.0. The molecule has 3 aromatic rings. The molecule has 7 nitrogen and oxygen atoms in total. The Balaban J connectivity index is 1.68. The summed E-state index contributed by atoms with van der Waals surface area (Å²) in [6, 6.07) is 18.9. The van der Waals surface area contributed by atoms with Gasteiger partial charge in [-0.3, -0.25) is 0 Å². The first-order valence-electron chi connectivity index (χ1n) is 13.8. The summed E-state index contributed by atoms with van der Waals surface area (Å²) < 4.78 is 36.9. The van der Waals surface area contributed by atoms with E-state index in [0.29, 0.717) is 54.6 Å². The molecule has 0 bridgehead atoms. The second kappa shape index (κ2) is 11.7. The van der Waals surface area contributed by atoms with Crippen molar-refractivity contribution in [2.75, 3.05) is 40.6 Å². The van der Waals surface area contributed by atoms with E-state index in [4.69, 9.17) is 28.4 Å². The summed E-state index contributed by atoms with van der Waals surface area (Å²) in [6.07, 6.45) is -1.14. The largest absolute Gasteiger partial charge is 0.496 e. The highest BCUT2D eigenvalue weighted by molar-refractivity contribution is 9.10. The monoisotopic (exact) mass is 626 g/mol. The molecule has 2 aliphatic rings. The minimum Gasteiger partial charge on any atom is -0.496 e. The van der Waals surface area contributed by atoms with Gasteiger partial charge in [0.05, 0.1) is 40.6 Å². The van der Waals surface area contributed by atoms with Gasteiger partial charge in [-0.15, -0.1) is 0 Å². The highest BCUT2D eigenvalue weighted by atomic mass is 79.9. The van der Waals surface area contributed by atoms with Gasteiger partial charge in [0.2, 0.25) is 0 Å². The fraction of sp³-hybridized carbons (Fsp3) is 0.455. The van der Waals surface area contributed by atoms with Crippen molar-refractivity contribution in [3.05, 3.63) is 93.0 Å². The first kappa shape index (κ1) is 30.0. The van der Waals surface area contributed by atoms with E-state index in [1.807, 2.05) is 60.7 Å². The van der Waals surface area contributed by atoms with Crippen LogP contribution in [-0.2, 0) is 24.5 Å². The molecule has 0 atom stereocenters. The van der Waals surface area contributed by atoms with Crippen LogP contribution in [0.3, 0.4) is 0 Å². The van der Waals surface area contributed by atoms with Crippen LogP contribution in [0.15, 0.2) is 65.1 Å². The van der Waals surface area contributed by atoms with Gasteiger partial charge in [0.25, 0.3) is 0 Å². The van der Waals surface area contributed by atoms with Crippen molar-refractivity contribution in [2.24, 2.45) is 10.8 Å². The topological polar surface area (TPSA) is 75.6 Å². The SMILES string of the molecule is COc1ccc(C2OCC(C)(C)CO2)cc1C(O)(c1cccc(Br)c1)c1cc(C2OCC(C)(C)CO2)ccc1OC. The van der Waals surface area contributed by atoms with Gasteiger partial charge in [-0.2, -0.15) is 0 Å². The Labute approximate surface area is 250 Å². The average Bonchev–Trinajstić information content (AvgIpc) is 2.96. The van der Waals surface area contributed by atoms with Crippen LogP contribution in [0.4, 0.5) is 0 Å².